The van der Waals surface area contributed by atoms with Gasteiger partial charge in [0.25, 0.3) is 0 Å². The molecule has 5 rings (SSSR count). The summed E-state index contributed by atoms with van der Waals surface area (Å²) in [5.74, 6) is -0.0310. The third-order valence-electron chi connectivity index (χ3n) is 6.41. The fourth-order valence-corrected chi connectivity index (χ4v) is 4.71. The van der Waals surface area contributed by atoms with Crippen LogP contribution in [0.15, 0.2) is 78.0 Å². The molecule has 5 aromatic rings. The Labute approximate surface area is 219 Å². The van der Waals surface area contributed by atoms with Gasteiger partial charge in [-0.3, -0.25) is 0 Å². The van der Waals surface area contributed by atoms with Crippen LogP contribution in [0.1, 0.15) is 11.1 Å². The summed E-state index contributed by atoms with van der Waals surface area (Å²) in [6.45, 7) is 1.81. The molecule has 3 N–H and O–H groups in total. The van der Waals surface area contributed by atoms with Crippen molar-refractivity contribution >= 4 is 39.6 Å². The van der Waals surface area contributed by atoms with Gasteiger partial charge in [0.05, 0.1) is 49.8 Å². The SMILES string of the molecule is O=Nc1c(-c2c(O)[nH]c3cc(/C=C/c4ccccc4)ccc23)n(CCOCCOCCO)c2ccccc12. The molecule has 194 valence electrons. The van der Waals surface area contributed by atoms with Gasteiger partial charge in [0.2, 0.25) is 0 Å². The molecule has 0 atom stereocenters. The first-order valence-electron chi connectivity index (χ1n) is 12.5. The number of aliphatic hydroxyl groups excluding tert-OH is 1. The molecular formula is C30H29N3O5. The number of benzene rings is 3. The number of fused-ring (bicyclic) bond motifs is 2. The van der Waals surface area contributed by atoms with Gasteiger partial charge >= 0.3 is 0 Å². The molecule has 0 unspecified atom stereocenters. The zero-order valence-electron chi connectivity index (χ0n) is 20.8. The molecule has 0 aliphatic heterocycles. The molecule has 2 aromatic heterocycles. The van der Waals surface area contributed by atoms with Crippen molar-refractivity contribution in [3.8, 4) is 17.1 Å². The number of aromatic nitrogens is 2. The van der Waals surface area contributed by atoms with Gasteiger partial charge in [0.15, 0.2) is 5.88 Å². The standard InChI is InChI=1S/C30H29N3O5/c34-15-17-38-19-18-37-16-14-33-26-9-5-4-8-24(26)28(32-36)29(33)27-23-13-12-22(20-25(23)31-30(27)35)11-10-21-6-2-1-3-7-21/h1-13,20,31,34-35H,14-19H2/b11-10+. The number of rotatable bonds is 12. The Kier molecular flexibility index (Phi) is 7.94. The van der Waals surface area contributed by atoms with Crippen LogP contribution in [0.3, 0.4) is 0 Å². The van der Waals surface area contributed by atoms with E-state index in [1.165, 1.54) is 0 Å². The van der Waals surface area contributed by atoms with Crippen molar-refractivity contribution < 1.29 is 19.7 Å². The first-order valence-corrected chi connectivity index (χ1v) is 12.5. The molecular weight excluding hydrogens is 482 g/mol. The fourth-order valence-electron chi connectivity index (χ4n) is 4.71. The molecule has 0 saturated heterocycles. The number of nitroso groups, excluding NO2 is 1. The van der Waals surface area contributed by atoms with E-state index in [1.54, 1.807) is 0 Å². The number of hydrogen-bond donors (Lipinski definition) is 3. The molecule has 8 nitrogen and oxygen atoms in total. The predicted molar refractivity (Wildman–Crippen MR) is 150 cm³/mol. The molecule has 2 heterocycles. The van der Waals surface area contributed by atoms with Gasteiger partial charge in [-0.05, 0) is 28.4 Å². The number of ether oxygens (including phenoxy) is 2. The van der Waals surface area contributed by atoms with Crippen LogP contribution >= 0.6 is 0 Å². The van der Waals surface area contributed by atoms with E-state index in [2.05, 4.69) is 10.2 Å². The van der Waals surface area contributed by atoms with E-state index in [0.29, 0.717) is 43.0 Å². The summed E-state index contributed by atoms with van der Waals surface area (Å²) >= 11 is 0. The molecule has 0 saturated carbocycles. The second-order valence-corrected chi connectivity index (χ2v) is 8.80. The van der Waals surface area contributed by atoms with Crippen LogP contribution < -0.4 is 0 Å². The summed E-state index contributed by atoms with van der Waals surface area (Å²) in [5, 5.41) is 24.8. The van der Waals surface area contributed by atoms with Crippen molar-refractivity contribution in [1.29, 1.82) is 0 Å². The Morgan fingerprint density at radius 2 is 1.58 bits per heavy atom. The number of aliphatic hydroxyl groups is 1. The Balaban J connectivity index is 1.51. The highest BCUT2D eigenvalue weighted by Gasteiger charge is 2.25. The van der Waals surface area contributed by atoms with Gasteiger partial charge in [0, 0.05) is 22.8 Å². The Hall–Kier alpha value is -4.24. The summed E-state index contributed by atoms with van der Waals surface area (Å²) in [6.07, 6.45) is 4.05. The maximum Gasteiger partial charge on any atom is 0.199 e. The molecule has 0 aliphatic rings. The Morgan fingerprint density at radius 1 is 0.842 bits per heavy atom. The fraction of sp³-hybridized carbons (Fsp3) is 0.200. The number of nitrogens with zero attached hydrogens (tertiary/aromatic N) is 2. The molecule has 0 bridgehead atoms. The van der Waals surface area contributed by atoms with Crippen molar-refractivity contribution in [2.75, 3.05) is 33.0 Å². The third kappa shape index (κ3) is 5.24. The van der Waals surface area contributed by atoms with Crippen molar-refractivity contribution in [2.45, 2.75) is 6.54 Å². The average molecular weight is 512 g/mol. The van der Waals surface area contributed by atoms with Gasteiger partial charge in [-0.15, -0.1) is 4.91 Å². The monoisotopic (exact) mass is 511 g/mol. The molecule has 3 aromatic carbocycles. The summed E-state index contributed by atoms with van der Waals surface area (Å²) in [5.41, 5.74) is 4.98. The number of aromatic amines is 1. The topological polar surface area (TPSA) is 109 Å². The van der Waals surface area contributed by atoms with Crippen LogP contribution in [0.2, 0.25) is 0 Å². The predicted octanol–water partition coefficient (Wildman–Crippen LogP) is 6.09. The zero-order chi connectivity index (χ0) is 26.3. The quantitative estimate of drug-likeness (QED) is 0.107. The maximum absolute atomic E-state index is 12.1. The lowest BCUT2D eigenvalue weighted by atomic mass is 10.1. The van der Waals surface area contributed by atoms with Crippen molar-refractivity contribution in [2.24, 2.45) is 5.18 Å². The highest BCUT2D eigenvalue weighted by atomic mass is 16.5. The highest BCUT2D eigenvalue weighted by Crippen LogP contribution is 2.46. The lowest BCUT2D eigenvalue weighted by molar-refractivity contribution is 0.0312. The van der Waals surface area contributed by atoms with E-state index < -0.39 is 0 Å². The number of nitrogens with one attached hydrogen (secondary N) is 1. The molecule has 0 fully saturated rings. The van der Waals surface area contributed by atoms with E-state index in [4.69, 9.17) is 14.6 Å². The normalized spacial score (nSPS) is 11.7. The van der Waals surface area contributed by atoms with Gasteiger partial charge < -0.3 is 29.2 Å². The zero-order valence-corrected chi connectivity index (χ0v) is 20.8. The summed E-state index contributed by atoms with van der Waals surface area (Å²) < 4.78 is 12.9. The molecule has 0 amide bonds. The molecule has 0 radical (unpaired) electrons. The Morgan fingerprint density at radius 3 is 2.37 bits per heavy atom. The van der Waals surface area contributed by atoms with E-state index in [1.807, 2.05) is 89.5 Å². The molecule has 0 spiro atoms. The van der Waals surface area contributed by atoms with Crippen LogP contribution in [0.4, 0.5) is 5.69 Å². The van der Waals surface area contributed by atoms with E-state index in [9.17, 15) is 10.0 Å². The smallest absolute Gasteiger partial charge is 0.199 e. The van der Waals surface area contributed by atoms with Gasteiger partial charge in [-0.1, -0.05) is 72.8 Å². The number of aromatic hydroxyl groups is 1. The van der Waals surface area contributed by atoms with Crippen LogP contribution in [0.25, 0.3) is 45.2 Å². The first-order chi connectivity index (χ1) is 18.7. The van der Waals surface area contributed by atoms with E-state index in [-0.39, 0.29) is 24.8 Å². The largest absolute Gasteiger partial charge is 0.494 e. The lowest BCUT2D eigenvalue weighted by Gasteiger charge is -2.12. The molecule has 0 aliphatic carbocycles. The van der Waals surface area contributed by atoms with Crippen molar-refractivity contribution in [3.05, 3.63) is 88.8 Å². The van der Waals surface area contributed by atoms with Crippen LogP contribution in [-0.4, -0.2) is 52.8 Å². The van der Waals surface area contributed by atoms with Crippen LogP contribution in [0, 0.1) is 4.91 Å². The second kappa shape index (κ2) is 11.9. The minimum Gasteiger partial charge on any atom is -0.494 e. The number of para-hydroxylation sites is 1. The first kappa shape index (κ1) is 25.4. The Bertz CT molecular complexity index is 1570. The third-order valence-corrected chi connectivity index (χ3v) is 6.41. The second-order valence-electron chi connectivity index (χ2n) is 8.80. The van der Waals surface area contributed by atoms with Gasteiger partial charge in [0.1, 0.15) is 5.69 Å². The minimum atomic E-state index is -0.0310. The summed E-state index contributed by atoms with van der Waals surface area (Å²) in [4.78, 5) is 15.2. The van der Waals surface area contributed by atoms with E-state index in [0.717, 1.165) is 27.5 Å². The van der Waals surface area contributed by atoms with Crippen LogP contribution in [-0.2, 0) is 16.0 Å². The number of H-pyrrole nitrogens is 1. The number of hydrogen-bond acceptors (Lipinski definition) is 6. The maximum atomic E-state index is 12.1. The summed E-state index contributed by atoms with van der Waals surface area (Å²) in [7, 11) is 0. The van der Waals surface area contributed by atoms with Gasteiger partial charge in [-0.2, -0.15) is 0 Å². The molecule has 8 heteroatoms. The minimum absolute atomic E-state index is 0.0287. The van der Waals surface area contributed by atoms with Crippen molar-refractivity contribution in [1.82, 2.24) is 9.55 Å². The molecule has 38 heavy (non-hydrogen) atoms. The van der Waals surface area contributed by atoms with Gasteiger partial charge in [-0.25, -0.2) is 0 Å². The van der Waals surface area contributed by atoms with Crippen molar-refractivity contribution in [3.63, 3.8) is 0 Å². The van der Waals surface area contributed by atoms with Crippen LogP contribution in [0.5, 0.6) is 5.88 Å². The highest BCUT2D eigenvalue weighted by molar-refractivity contribution is 6.08. The lowest BCUT2D eigenvalue weighted by Crippen LogP contribution is -2.11. The summed E-state index contributed by atoms with van der Waals surface area (Å²) in [6, 6.07) is 23.5. The van der Waals surface area contributed by atoms with E-state index >= 15 is 0 Å². The average Bonchev–Trinajstić information content (AvgIpc) is 3.44.